The fourth-order valence-corrected chi connectivity index (χ4v) is 1.82. The number of carbonyl (C=O) groups is 1. The van der Waals surface area contributed by atoms with Gasteiger partial charge in [-0.2, -0.15) is 0 Å². The molecule has 1 fully saturated rings. The highest BCUT2D eigenvalue weighted by Gasteiger charge is 2.31. The third kappa shape index (κ3) is 1.82. The van der Waals surface area contributed by atoms with Crippen molar-refractivity contribution in [2.24, 2.45) is 5.92 Å². The van der Waals surface area contributed by atoms with Gasteiger partial charge < -0.3 is 5.73 Å². The van der Waals surface area contributed by atoms with Crippen molar-refractivity contribution in [3.05, 3.63) is 17.3 Å². The third-order valence-electron chi connectivity index (χ3n) is 2.49. The Labute approximate surface area is 98.4 Å². The van der Waals surface area contributed by atoms with E-state index in [9.17, 15) is 4.79 Å². The highest BCUT2D eigenvalue weighted by atomic mass is 35.5. The lowest BCUT2D eigenvalue weighted by Crippen LogP contribution is -2.26. The Balaban J connectivity index is 2.35. The molecule has 82 valence electrons. The van der Waals surface area contributed by atoms with Crippen molar-refractivity contribution in [2.75, 3.05) is 17.2 Å². The van der Waals surface area contributed by atoms with Gasteiger partial charge in [0.15, 0.2) is 5.82 Å². The molecule has 1 aliphatic heterocycles. The van der Waals surface area contributed by atoms with Crippen LogP contribution in [0.4, 0.5) is 11.5 Å². The van der Waals surface area contributed by atoms with Crippen LogP contribution in [-0.2, 0) is 4.79 Å². The number of rotatable bonds is 1. The highest BCUT2D eigenvalue weighted by molar-refractivity contribution is 6.29. The van der Waals surface area contributed by atoms with Crippen molar-refractivity contribution in [2.45, 2.75) is 6.42 Å². The minimum absolute atomic E-state index is 0.0654. The molecule has 0 aliphatic carbocycles. The molecule has 1 aromatic rings. The van der Waals surface area contributed by atoms with Gasteiger partial charge in [-0.05, 0) is 12.1 Å². The van der Waals surface area contributed by atoms with Crippen LogP contribution in [-0.4, -0.2) is 17.4 Å². The first-order chi connectivity index (χ1) is 7.61. The molecule has 0 aromatic carbocycles. The minimum atomic E-state index is -0.0762. The van der Waals surface area contributed by atoms with Crippen LogP contribution in [0.15, 0.2) is 12.1 Å². The fourth-order valence-electron chi connectivity index (χ4n) is 1.68. The largest absolute Gasteiger partial charge is 0.396 e. The maximum Gasteiger partial charge on any atom is 0.229 e. The second kappa shape index (κ2) is 4.03. The SMILES string of the molecule is C#CC1CC(=O)N(c2nc(Cl)ccc2N)C1. The molecular formula is C11H10ClN3O. The Bertz CT molecular complexity index is 481. The van der Waals surface area contributed by atoms with Crippen LogP contribution in [0.2, 0.25) is 5.15 Å². The zero-order valence-corrected chi connectivity index (χ0v) is 9.24. The van der Waals surface area contributed by atoms with E-state index in [1.54, 1.807) is 12.1 Å². The van der Waals surface area contributed by atoms with Gasteiger partial charge in [0, 0.05) is 18.9 Å². The molecule has 0 bridgehead atoms. The van der Waals surface area contributed by atoms with E-state index in [1.807, 2.05) is 0 Å². The first-order valence-electron chi connectivity index (χ1n) is 4.80. The molecule has 1 unspecified atom stereocenters. The van der Waals surface area contributed by atoms with Gasteiger partial charge in [0.25, 0.3) is 0 Å². The van der Waals surface area contributed by atoms with Crippen molar-refractivity contribution in [3.63, 3.8) is 0 Å². The number of nitrogen functional groups attached to an aromatic ring is 1. The van der Waals surface area contributed by atoms with E-state index in [1.165, 1.54) is 4.90 Å². The van der Waals surface area contributed by atoms with Crippen LogP contribution >= 0.6 is 11.6 Å². The van der Waals surface area contributed by atoms with E-state index in [-0.39, 0.29) is 11.8 Å². The van der Waals surface area contributed by atoms with Gasteiger partial charge >= 0.3 is 0 Å². The molecule has 1 aliphatic rings. The Morgan fingerprint density at radius 2 is 2.38 bits per heavy atom. The molecule has 2 rings (SSSR count). The van der Waals surface area contributed by atoms with Crippen LogP contribution < -0.4 is 10.6 Å². The zero-order valence-electron chi connectivity index (χ0n) is 8.48. The summed E-state index contributed by atoms with van der Waals surface area (Å²) in [4.78, 5) is 17.2. The van der Waals surface area contributed by atoms with E-state index in [0.717, 1.165) is 0 Å². The van der Waals surface area contributed by atoms with E-state index >= 15 is 0 Å². The lowest BCUT2D eigenvalue weighted by molar-refractivity contribution is -0.117. The lowest BCUT2D eigenvalue weighted by Gasteiger charge is -2.16. The second-order valence-electron chi connectivity index (χ2n) is 3.62. The van der Waals surface area contributed by atoms with E-state index < -0.39 is 0 Å². The number of carbonyl (C=O) groups excluding carboxylic acids is 1. The number of pyridine rings is 1. The first-order valence-corrected chi connectivity index (χ1v) is 5.18. The van der Waals surface area contributed by atoms with Crippen molar-refractivity contribution in [3.8, 4) is 12.3 Å². The summed E-state index contributed by atoms with van der Waals surface area (Å²) in [7, 11) is 0. The molecule has 0 saturated carbocycles. The Hall–Kier alpha value is -1.73. The normalized spacial score (nSPS) is 19.9. The van der Waals surface area contributed by atoms with E-state index in [4.69, 9.17) is 23.8 Å². The Kier molecular flexibility index (Phi) is 2.71. The molecule has 1 aromatic heterocycles. The molecule has 2 N–H and O–H groups in total. The summed E-state index contributed by atoms with van der Waals surface area (Å²) in [6.07, 6.45) is 5.64. The van der Waals surface area contributed by atoms with Crippen LogP contribution in [0, 0.1) is 18.3 Å². The predicted octanol–water partition coefficient (Wildman–Crippen LogP) is 1.30. The summed E-state index contributed by atoms with van der Waals surface area (Å²) in [5.74, 6) is 2.82. The van der Waals surface area contributed by atoms with E-state index in [0.29, 0.717) is 29.6 Å². The van der Waals surface area contributed by atoms with Gasteiger partial charge in [-0.3, -0.25) is 9.69 Å². The first kappa shape index (κ1) is 10.8. The lowest BCUT2D eigenvalue weighted by atomic mass is 10.1. The number of terminal acetylenes is 1. The standard InChI is InChI=1S/C11H10ClN3O/c1-2-7-5-10(16)15(6-7)11-8(13)3-4-9(12)14-11/h1,3-4,7H,5-6,13H2. The molecule has 16 heavy (non-hydrogen) atoms. The molecule has 1 saturated heterocycles. The van der Waals surface area contributed by atoms with Crippen molar-refractivity contribution in [1.82, 2.24) is 4.98 Å². The number of amides is 1. The molecule has 1 atom stereocenters. The molecule has 4 nitrogen and oxygen atoms in total. The summed E-state index contributed by atoms with van der Waals surface area (Å²) in [5.41, 5.74) is 6.18. The average molecular weight is 236 g/mol. The number of nitrogens with zero attached hydrogens (tertiary/aromatic N) is 2. The number of hydrogen-bond acceptors (Lipinski definition) is 3. The number of anilines is 2. The number of aromatic nitrogens is 1. The quantitative estimate of drug-likeness (QED) is 0.590. The summed E-state index contributed by atoms with van der Waals surface area (Å²) in [6.45, 7) is 0.451. The fraction of sp³-hybridized carbons (Fsp3) is 0.273. The van der Waals surface area contributed by atoms with Crippen LogP contribution in [0.25, 0.3) is 0 Å². The Morgan fingerprint density at radius 3 is 3.00 bits per heavy atom. The average Bonchev–Trinajstić information content (AvgIpc) is 2.63. The Morgan fingerprint density at radius 1 is 1.62 bits per heavy atom. The summed E-state index contributed by atoms with van der Waals surface area (Å²) < 4.78 is 0. The predicted molar refractivity (Wildman–Crippen MR) is 63.0 cm³/mol. The van der Waals surface area contributed by atoms with Gasteiger partial charge in [0.05, 0.1) is 5.69 Å². The summed E-state index contributed by atoms with van der Waals surface area (Å²) in [5, 5.41) is 0.307. The number of nitrogens with two attached hydrogens (primary N) is 1. The van der Waals surface area contributed by atoms with Gasteiger partial charge in [-0.1, -0.05) is 11.6 Å². The topological polar surface area (TPSA) is 59.2 Å². The monoisotopic (exact) mass is 235 g/mol. The highest BCUT2D eigenvalue weighted by Crippen LogP contribution is 2.28. The second-order valence-corrected chi connectivity index (χ2v) is 4.01. The minimum Gasteiger partial charge on any atom is -0.396 e. The molecule has 5 heteroatoms. The third-order valence-corrected chi connectivity index (χ3v) is 2.70. The van der Waals surface area contributed by atoms with Crippen molar-refractivity contribution >= 4 is 29.0 Å². The summed E-state index contributed by atoms with van der Waals surface area (Å²) in [6, 6.07) is 3.21. The van der Waals surface area contributed by atoms with Gasteiger partial charge in [-0.15, -0.1) is 12.3 Å². The van der Waals surface area contributed by atoms with Crippen molar-refractivity contribution in [1.29, 1.82) is 0 Å². The van der Waals surface area contributed by atoms with Gasteiger partial charge in [0.1, 0.15) is 5.15 Å². The molecule has 0 radical (unpaired) electrons. The van der Waals surface area contributed by atoms with Crippen LogP contribution in [0.3, 0.4) is 0 Å². The van der Waals surface area contributed by atoms with E-state index in [2.05, 4.69) is 10.9 Å². The molecule has 2 heterocycles. The number of hydrogen-bond donors (Lipinski definition) is 1. The maximum absolute atomic E-state index is 11.7. The van der Waals surface area contributed by atoms with Gasteiger partial charge in [0.2, 0.25) is 5.91 Å². The van der Waals surface area contributed by atoms with Crippen LogP contribution in [0.5, 0.6) is 0 Å². The molecular weight excluding hydrogens is 226 g/mol. The smallest absolute Gasteiger partial charge is 0.229 e. The maximum atomic E-state index is 11.7. The zero-order chi connectivity index (χ0) is 11.7. The molecule has 0 spiro atoms. The summed E-state index contributed by atoms with van der Waals surface area (Å²) >= 11 is 5.77. The number of halogens is 1. The van der Waals surface area contributed by atoms with Gasteiger partial charge in [-0.25, -0.2) is 4.98 Å². The molecule has 1 amide bonds. The van der Waals surface area contributed by atoms with Crippen LogP contribution in [0.1, 0.15) is 6.42 Å². The van der Waals surface area contributed by atoms with Crippen molar-refractivity contribution < 1.29 is 4.79 Å².